The van der Waals surface area contributed by atoms with Gasteiger partial charge in [-0.3, -0.25) is 9.59 Å². The first-order valence-corrected chi connectivity index (χ1v) is 8.95. The number of nitrogens with zero attached hydrogens (tertiary/aromatic N) is 3. The SMILES string of the molecule is C=C(CC(C/C=C/C=C/c1ccccc1)(C(=O)OCC)C(=O)OCC)N=[N+]=[N-]. The van der Waals surface area contributed by atoms with Crippen LogP contribution in [0.1, 0.15) is 32.3 Å². The van der Waals surface area contributed by atoms with E-state index in [1.165, 1.54) is 0 Å². The fraction of sp³-hybridized carbons (Fsp3) is 0.333. The molecule has 0 heterocycles. The van der Waals surface area contributed by atoms with Crippen LogP contribution in [0.5, 0.6) is 0 Å². The molecular weight excluding hydrogens is 358 g/mol. The average molecular weight is 383 g/mol. The van der Waals surface area contributed by atoms with Gasteiger partial charge >= 0.3 is 11.9 Å². The van der Waals surface area contributed by atoms with Crippen LogP contribution < -0.4 is 0 Å². The lowest BCUT2D eigenvalue weighted by Gasteiger charge is -2.28. The molecule has 0 saturated heterocycles. The summed E-state index contributed by atoms with van der Waals surface area (Å²) in [4.78, 5) is 28.0. The minimum Gasteiger partial charge on any atom is -0.465 e. The molecule has 148 valence electrons. The molecule has 0 amide bonds. The topological polar surface area (TPSA) is 101 Å². The van der Waals surface area contributed by atoms with Crippen LogP contribution in [0.2, 0.25) is 0 Å². The molecule has 0 N–H and O–H groups in total. The number of carbonyl (C=O) groups is 2. The van der Waals surface area contributed by atoms with Crippen molar-refractivity contribution in [3.8, 4) is 0 Å². The monoisotopic (exact) mass is 383 g/mol. The van der Waals surface area contributed by atoms with Gasteiger partial charge in [-0.2, -0.15) is 0 Å². The maximum absolute atomic E-state index is 12.7. The number of benzene rings is 1. The Kier molecular flexibility index (Phi) is 9.86. The maximum atomic E-state index is 12.7. The Labute approximate surface area is 165 Å². The highest BCUT2D eigenvalue weighted by atomic mass is 16.6. The lowest BCUT2D eigenvalue weighted by Crippen LogP contribution is -2.42. The van der Waals surface area contributed by atoms with E-state index in [-0.39, 0.29) is 31.8 Å². The van der Waals surface area contributed by atoms with Gasteiger partial charge in [0, 0.05) is 17.0 Å². The van der Waals surface area contributed by atoms with Gasteiger partial charge in [-0.15, -0.1) is 0 Å². The molecule has 0 atom stereocenters. The number of rotatable bonds is 11. The third kappa shape index (κ3) is 6.78. The second-order valence-electron chi connectivity index (χ2n) is 5.86. The van der Waals surface area contributed by atoms with Crippen LogP contribution in [0.3, 0.4) is 0 Å². The first kappa shape index (κ1) is 22.7. The van der Waals surface area contributed by atoms with E-state index in [0.717, 1.165) is 5.56 Å². The minimum absolute atomic E-state index is 0.0176. The van der Waals surface area contributed by atoms with Crippen molar-refractivity contribution in [3.63, 3.8) is 0 Å². The van der Waals surface area contributed by atoms with Crippen LogP contribution in [0, 0.1) is 5.41 Å². The Morgan fingerprint density at radius 2 is 1.75 bits per heavy atom. The second kappa shape index (κ2) is 12.1. The number of esters is 2. The van der Waals surface area contributed by atoms with E-state index in [2.05, 4.69) is 16.6 Å². The fourth-order valence-electron chi connectivity index (χ4n) is 2.53. The van der Waals surface area contributed by atoms with Crippen molar-refractivity contribution in [2.45, 2.75) is 26.7 Å². The fourth-order valence-corrected chi connectivity index (χ4v) is 2.53. The van der Waals surface area contributed by atoms with Crippen LogP contribution in [-0.2, 0) is 19.1 Å². The van der Waals surface area contributed by atoms with Gasteiger partial charge in [-0.25, -0.2) is 0 Å². The van der Waals surface area contributed by atoms with Crippen molar-refractivity contribution in [2.75, 3.05) is 13.2 Å². The molecule has 0 radical (unpaired) electrons. The lowest BCUT2D eigenvalue weighted by atomic mass is 9.79. The van der Waals surface area contributed by atoms with Crippen LogP contribution in [0.15, 0.2) is 66.0 Å². The highest BCUT2D eigenvalue weighted by Crippen LogP contribution is 2.34. The Morgan fingerprint density at radius 1 is 1.14 bits per heavy atom. The van der Waals surface area contributed by atoms with E-state index in [4.69, 9.17) is 15.0 Å². The summed E-state index contributed by atoms with van der Waals surface area (Å²) < 4.78 is 10.2. The Balaban J connectivity index is 3.10. The molecule has 0 aliphatic heterocycles. The molecule has 0 fully saturated rings. The molecule has 0 unspecified atom stereocenters. The Hall–Kier alpha value is -3.31. The number of azide groups is 1. The molecule has 0 aliphatic carbocycles. The zero-order chi connectivity index (χ0) is 20.8. The number of hydrogen-bond acceptors (Lipinski definition) is 5. The Morgan fingerprint density at radius 3 is 2.29 bits per heavy atom. The van der Waals surface area contributed by atoms with E-state index in [1.807, 2.05) is 36.4 Å². The van der Waals surface area contributed by atoms with Crippen molar-refractivity contribution in [2.24, 2.45) is 10.5 Å². The normalized spacial score (nSPS) is 11.2. The highest BCUT2D eigenvalue weighted by Gasteiger charge is 2.48. The lowest BCUT2D eigenvalue weighted by molar-refractivity contribution is -0.171. The van der Waals surface area contributed by atoms with Gasteiger partial charge in [0.1, 0.15) is 0 Å². The summed E-state index contributed by atoms with van der Waals surface area (Å²) in [5.74, 6) is -1.47. The van der Waals surface area contributed by atoms with Gasteiger partial charge in [0.05, 0.1) is 13.2 Å². The Bertz CT molecular complexity index is 760. The van der Waals surface area contributed by atoms with E-state index in [1.54, 1.807) is 32.1 Å². The number of ether oxygens (including phenoxy) is 2. The third-order valence-electron chi connectivity index (χ3n) is 3.83. The molecule has 0 spiro atoms. The number of allylic oxidation sites excluding steroid dienone is 4. The van der Waals surface area contributed by atoms with Crippen LogP contribution in [-0.4, -0.2) is 25.2 Å². The standard InChI is InChI=1S/C21H25N3O4/c1-4-27-19(25)21(20(26)28-5-2,16-17(3)23-24-22)15-11-7-10-14-18-12-8-6-9-13-18/h6-14H,3-5,15-16H2,1-2H3/b11-7+,14-10+. The molecule has 1 aromatic carbocycles. The summed E-state index contributed by atoms with van der Waals surface area (Å²) in [6.45, 7) is 7.12. The van der Waals surface area contributed by atoms with Crippen LogP contribution in [0.25, 0.3) is 16.5 Å². The molecule has 1 rings (SSSR count). The number of hydrogen-bond donors (Lipinski definition) is 0. The zero-order valence-electron chi connectivity index (χ0n) is 16.2. The minimum atomic E-state index is -1.66. The van der Waals surface area contributed by atoms with Crippen molar-refractivity contribution in [1.29, 1.82) is 0 Å². The van der Waals surface area contributed by atoms with Gasteiger partial charge < -0.3 is 9.47 Å². The molecule has 7 heteroatoms. The van der Waals surface area contributed by atoms with E-state index >= 15 is 0 Å². The summed E-state index contributed by atoms with van der Waals surface area (Å²) in [6.07, 6.45) is 6.93. The van der Waals surface area contributed by atoms with E-state index in [0.29, 0.717) is 0 Å². The van der Waals surface area contributed by atoms with Crippen LogP contribution in [0.4, 0.5) is 0 Å². The molecule has 7 nitrogen and oxygen atoms in total. The summed E-state index contributed by atoms with van der Waals surface area (Å²) >= 11 is 0. The molecule has 0 saturated carbocycles. The second-order valence-corrected chi connectivity index (χ2v) is 5.86. The largest absolute Gasteiger partial charge is 0.465 e. The average Bonchev–Trinajstić information content (AvgIpc) is 2.68. The zero-order valence-corrected chi connectivity index (χ0v) is 16.2. The van der Waals surface area contributed by atoms with Crippen molar-refractivity contribution in [1.82, 2.24) is 0 Å². The summed E-state index contributed by atoms with van der Waals surface area (Å²) in [6, 6.07) is 9.69. The molecule has 28 heavy (non-hydrogen) atoms. The van der Waals surface area contributed by atoms with E-state index in [9.17, 15) is 9.59 Å². The smallest absolute Gasteiger partial charge is 0.324 e. The molecule has 0 aromatic heterocycles. The molecule has 0 bridgehead atoms. The van der Waals surface area contributed by atoms with E-state index < -0.39 is 17.4 Å². The highest BCUT2D eigenvalue weighted by molar-refractivity contribution is 6.00. The van der Waals surface area contributed by atoms with Gasteiger partial charge in [0.15, 0.2) is 5.41 Å². The predicted octanol–water partition coefficient (Wildman–Crippen LogP) is 4.97. The third-order valence-corrected chi connectivity index (χ3v) is 3.83. The van der Waals surface area contributed by atoms with Crippen molar-refractivity contribution < 1.29 is 19.1 Å². The molecule has 0 aliphatic rings. The first-order chi connectivity index (χ1) is 13.5. The summed E-state index contributed by atoms with van der Waals surface area (Å²) in [5, 5.41) is 3.41. The van der Waals surface area contributed by atoms with Crippen molar-refractivity contribution in [3.05, 3.63) is 76.8 Å². The first-order valence-electron chi connectivity index (χ1n) is 8.95. The van der Waals surface area contributed by atoms with Crippen LogP contribution >= 0.6 is 0 Å². The summed E-state index contributed by atoms with van der Waals surface area (Å²) in [7, 11) is 0. The molecule has 1 aromatic rings. The maximum Gasteiger partial charge on any atom is 0.324 e. The van der Waals surface area contributed by atoms with Crippen molar-refractivity contribution >= 4 is 18.0 Å². The quantitative estimate of drug-likeness (QED) is 0.134. The van der Waals surface area contributed by atoms with Gasteiger partial charge in [-0.1, -0.05) is 66.3 Å². The van der Waals surface area contributed by atoms with Gasteiger partial charge in [0.25, 0.3) is 0 Å². The predicted molar refractivity (Wildman–Crippen MR) is 108 cm³/mol. The van der Waals surface area contributed by atoms with Gasteiger partial charge in [0.2, 0.25) is 0 Å². The molecular formula is C21H25N3O4. The summed E-state index contributed by atoms with van der Waals surface area (Å²) in [5.41, 5.74) is 8.03. The van der Waals surface area contributed by atoms with Gasteiger partial charge in [-0.05, 0) is 31.4 Å². The number of carbonyl (C=O) groups excluding carboxylic acids is 2.